The molecule has 3 heterocycles. The number of anilines is 1. The van der Waals surface area contributed by atoms with Gasteiger partial charge in [-0.2, -0.15) is 10.3 Å². The fraction of sp³-hybridized carbons (Fsp3) is 0. The highest BCUT2D eigenvalue weighted by Crippen LogP contribution is 2.24. The third kappa shape index (κ3) is 1.87. The lowest BCUT2D eigenvalue weighted by atomic mass is 10.1. The van der Waals surface area contributed by atoms with Crippen molar-refractivity contribution in [2.45, 2.75) is 0 Å². The Bertz CT molecular complexity index is 910. The topological polar surface area (TPSA) is 135 Å². The van der Waals surface area contributed by atoms with Gasteiger partial charge in [0.2, 0.25) is 5.82 Å². The first-order chi connectivity index (χ1) is 10.3. The normalized spacial score (nSPS) is 11.0. The second-order valence-electron chi connectivity index (χ2n) is 4.38. The number of H-pyrrole nitrogens is 2. The SMILES string of the molecule is Nc1nc(-c2cccc(-c3nn[nH]n3)c2)nc2cn[nH]c12. The van der Waals surface area contributed by atoms with E-state index in [0.717, 1.165) is 11.1 Å². The molecule has 0 fully saturated rings. The third-order valence-electron chi connectivity index (χ3n) is 3.05. The molecule has 4 aromatic rings. The Morgan fingerprint density at radius 2 is 1.90 bits per heavy atom. The van der Waals surface area contributed by atoms with Gasteiger partial charge in [-0.3, -0.25) is 5.10 Å². The molecule has 0 bridgehead atoms. The second kappa shape index (κ2) is 4.34. The van der Waals surface area contributed by atoms with E-state index in [4.69, 9.17) is 5.73 Å². The molecule has 0 radical (unpaired) electrons. The van der Waals surface area contributed by atoms with Crippen LogP contribution < -0.4 is 5.73 Å². The van der Waals surface area contributed by atoms with Gasteiger partial charge in [-0.25, -0.2) is 9.97 Å². The summed E-state index contributed by atoms with van der Waals surface area (Å²) in [5.74, 6) is 1.39. The maximum absolute atomic E-state index is 5.91. The molecule has 21 heavy (non-hydrogen) atoms. The first kappa shape index (κ1) is 11.5. The van der Waals surface area contributed by atoms with E-state index in [9.17, 15) is 0 Å². The van der Waals surface area contributed by atoms with Crippen molar-refractivity contribution >= 4 is 16.9 Å². The summed E-state index contributed by atoms with van der Waals surface area (Å²) in [6.45, 7) is 0. The van der Waals surface area contributed by atoms with E-state index < -0.39 is 0 Å². The van der Waals surface area contributed by atoms with E-state index >= 15 is 0 Å². The molecule has 0 aliphatic heterocycles. The van der Waals surface area contributed by atoms with Crippen molar-refractivity contribution in [3.8, 4) is 22.8 Å². The number of tetrazole rings is 1. The lowest BCUT2D eigenvalue weighted by Gasteiger charge is -2.03. The third-order valence-corrected chi connectivity index (χ3v) is 3.05. The monoisotopic (exact) mass is 279 g/mol. The van der Waals surface area contributed by atoms with Gasteiger partial charge in [0.05, 0.1) is 6.20 Å². The van der Waals surface area contributed by atoms with Crippen LogP contribution in [0.1, 0.15) is 0 Å². The van der Waals surface area contributed by atoms with Gasteiger partial charge in [0, 0.05) is 11.1 Å². The summed E-state index contributed by atoms with van der Waals surface area (Å²) in [6, 6.07) is 7.53. The molecule has 0 saturated heterocycles. The molecule has 0 unspecified atom stereocenters. The van der Waals surface area contributed by atoms with Crippen LogP contribution in [-0.2, 0) is 0 Å². The summed E-state index contributed by atoms with van der Waals surface area (Å²) in [4.78, 5) is 8.74. The van der Waals surface area contributed by atoms with Crippen LogP contribution in [0.5, 0.6) is 0 Å². The van der Waals surface area contributed by atoms with Gasteiger partial charge in [0.1, 0.15) is 11.0 Å². The summed E-state index contributed by atoms with van der Waals surface area (Å²) in [6.07, 6.45) is 1.61. The number of hydrogen-bond acceptors (Lipinski definition) is 7. The van der Waals surface area contributed by atoms with E-state index in [-0.39, 0.29) is 0 Å². The van der Waals surface area contributed by atoms with Crippen molar-refractivity contribution in [1.29, 1.82) is 0 Å². The quantitative estimate of drug-likeness (QED) is 0.493. The van der Waals surface area contributed by atoms with Gasteiger partial charge in [-0.1, -0.05) is 18.2 Å². The predicted molar refractivity (Wildman–Crippen MR) is 74.7 cm³/mol. The van der Waals surface area contributed by atoms with Crippen LogP contribution in [0, 0.1) is 0 Å². The van der Waals surface area contributed by atoms with E-state index in [1.54, 1.807) is 6.20 Å². The predicted octanol–water partition coefficient (Wildman–Crippen LogP) is 0.782. The number of nitrogens with zero attached hydrogens (tertiary/aromatic N) is 6. The largest absolute Gasteiger partial charge is 0.382 e. The van der Waals surface area contributed by atoms with E-state index in [0.29, 0.717) is 28.5 Å². The Labute approximate surface area is 117 Å². The molecule has 0 atom stereocenters. The lowest BCUT2D eigenvalue weighted by Crippen LogP contribution is -1.97. The highest BCUT2D eigenvalue weighted by Gasteiger charge is 2.10. The summed E-state index contributed by atoms with van der Waals surface area (Å²) < 4.78 is 0. The minimum absolute atomic E-state index is 0.359. The smallest absolute Gasteiger partial charge is 0.204 e. The van der Waals surface area contributed by atoms with Gasteiger partial charge >= 0.3 is 0 Å². The zero-order valence-electron chi connectivity index (χ0n) is 10.6. The summed E-state index contributed by atoms with van der Waals surface area (Å²) in [7, 11) is 0. The van der Waals surface area contributed by atoms with Crippen LogP contribution in [0.4, 0.5) is 5.82 Å². The van der Waals surface area contributed by atoms with Crippen molar-refractivity contribution in [2.24, 2.45) is 0 Å². The first-order valence-electron chi connectivity index (χ1n) is 6.12. The molecule has 0 aliphatic rings. The number of nitrogens with one attached hydrogen (secondary N) is 2. The average molecular weight is 279 g/mol. The minimum atomic E-state index is 0.359. The van der Waals surface area contributed by atoms with Gasteiger partial charge in [-0.15, -0.1) is 10.2 Å². The summed E-state index contributed by atoms with van der Waals surface area (Å²) >= 11 is 0. The average Bonchev–Trinajstić information content (AvgIpc) is 3.19. The van der Waals surface area contributed by atoms with E-state index in [2.05, 4.69) is 40.8 Å². The molecule has 102 valence electrons. The summed E-state index contributed by atoms with van der Waals surface area (Å²) in [5.41, 5.74) is 8.84. The van der Waals surface area contributed by atoms with Gasteiger partial charge < -0.3 is 5.73 Å². The number of aromatic nitrogens is 8. The lowest BCUT2D eigenvalue weighted by molar-refractivity contribution is 0.881. The molecule has 9 nitrogen and oxygen atoms in total. The number of hydrogen-bond donors (Lipinski definition) is 3. The fourth-order valence-electron chi connectivity index (χ4n) is 2.07. The van der Waals surface area contributed by atoms with Crippen molar-refractivity contribution in [1.82, 2.24) is 40.8 Å². The second-order valence-corrected chi connectivity index (χ2v) is 4.38. The standard InChI is InChI=1S/C12H9N9/c13-10-9-8(5-14-17-9)15-11(16-10)6-2-1-3-7(4-6)12-18-20-21-19-12/h1-5H,(H,14,17)(H2,13,15,16)(H,18,19,20,21). The van der Waals surface area contributed by atoms with Gasteiger partial charge in [0.15, 0.2) is 11.6 Å². The Balaban J connectivity index is 1.86. The minimum Gasteiger partial charge on any atom is -0.382 e. The number of benzene rings is 1. The van der Waals surface area contributed by atoms with E-state index in [1.165, 1.54) is 0 Å². The molecule has 0 spiro atoms. The Morgan fingerprint density at radius 3 is 2.71 bits per heavy atom. The van der Waals surface area contributed by atoms with Gasteiger partial charge in [-0.05, 0) is 11.3 Å². The molecule has 4 rings (SSSR count). The molecule has 1 aromatic carbocycles. The molecular formula is C12H9N9. The Kier molecular flexibility index (Phi) is 2.37. The molecule has 4 N–H and O–H groups in total. The van der Waals surface area contributed by atoms with Crippen molar-refractivity contribution in [3.05, 3.63) is 30.5 Å². The fourth-order valence-corrected chi connectivity index (χ4v) is 2.07. The number of nitrogen functional groups attached to an aromatic ring is 1. The maximum atomic E-state index is 5.91. The first-order valence-corrected chi connectivity index (χ1v) is 6.12. The van der Waals surface area contributed by atoms with Crippen LogP contribution in [0.15, 0.2) is 30.5 Å². The number of fused-ring (bicyclic) bond motifs is 1. The maximum Gasteiger partial charge on any atom is 0.204 e. The Morgan fingerprint density at radius 1 is 1.05 bits per heavy atom. The van der Waals surface area contributed by atoms with Crippen LogP contribution in [0.25, 0.3) is 33.8 Å². The number of rotatable bonds is 2. The number of nitrogens with two attached hydrogens (primary N) is 1. The van der Waals surface area contributed by atoms with Crippen LogP contribution in [0.2, 0.25) is 0 Å². The molecule has 0 saturated carbocycles. The molecule has 0 aliphatic carbocycles. The highest BCUT2D eigenvalue weighted by atomic mass is 15.5. The van der Waals surface area contributed by atoms with Crippen molar-refractivity contribution in [2.75, 3.05) is 5.73 Å². The van der Waals surface area contributed by atoms with Crippen molar-refractivity contribution < 1.29 is 0 Å². The van der Waals surface area contributed by atoms with Crippen LogP contribution >= 0.6 is 0 Å². The van der Waals surface area contributed by atoms with E-state index in [1.807, 2.05) is 24.3 Å². The molecular weight excluding hydrogens is 270 g/mol. The van der Waals surface area contributed by atoms with Gasteiger partial charge in [0.25, 0.3) is 0 Å². The highest BCUT2D eigenvalue weighted by molar-refractivity contribution is 5.85. The Hall–Kier alpha value is -3.36. The van der Waals surface area contributed by atoms with Crippen LogP contribution in [0.3, 0.4) is 0 Å². The van der Waals surface area contributed by atoms with Crippen molar-refractivity contribution in [3.63, 3.8) is 0 Å². The zero-order chi connectivity index (χ0) is 14.2. The summed E-state index contributed by atoms with van der Waals surface area (Å²) in [5, 5.41) is 20.6. The molecule has 3 aromatic heterocycles. The number of aromatic amines is 2. The van der Waals surface area contributed by atoms with Crippen LogP contribution in [-0.4, -0.2) is 40.8 Å². The molecule has 9 heteroatoms. The molecule has 0 amide bonds. The zero-order valence-corrected chi connectivity index (χ0v) is 10.6.